The van der Waals surface area contributed by atoms with Gasteiger partial charge in [-0.25, -0.2) is 0 Å². The molecule has 2 amide bonds. The number of nitrogens with one attached hydrogen (secondary N) is 1. The number of nitrogens with zero attached hydrogens (tertiary/aromatic N) is 2. The lowest BCUT2D eigenvalue weighted by molar-refractivity contribution is -0.132. The number of ether oxygens (including phenoxy) is 3. The van der Waals surface area contributed by atoms with Gasteiger partial charge in [0.15, 0.2) is 0 Å². The standard InChI is InChI=1S/C24H31N3O5/c1-30-19-8-9-21(31-2)18(16-19)17-26-12-14-27(15-13-26)23(28)10-11-25-24(29)20-6-4-5-7-22(20)32-3/h4-9,16H,10-15,17H2,1-3H3,(H,25,29). The largest absolute Gasteiger partial charge is 0.497 e. The molecule has 2 aromatic rings. The van der Waals surface area contributed by atoms with E-state index in [1.807, 2.05) is 29.2 Å². The maximum Gasteiger partial charge on any atom is 0.255 e. The molecule has 1 N–H and O–H groups in total. The summed E-state index contributed by atoms with van der Waals surface area (Å²) in [6.07, 6.45) is 0.268. The molecule has 0 saturated carbocycles. The first kappa shape index (κ1) is 23.4. The number of hydrogen-bond acceptors (Lipinski definition) is 6. The highest BCUT2D eigenvalue weighted by molar-refractivity contribution is 5.97. The van der Waals surface area contributed by atoms with E-state index < -0.39 is 0 Å². The molecule has 1 fully saturated rings. The van der Waals surface area contributed by atoms with Gasteiger partial charge in [-0.05, 0) is 30.3 Å². The average Bonchev–Trinajstić information content (AvgIpc) is 2.84. The van der Waals surface area contributed by atoms with Gasteiger partial charge in [0.1, 0.15) is 17.2 Å². The van der Waals surface area contributed by atoms with E-state index in [0.717, 1.165) is 36.7 Å². The number of amides is 2. The predicted octanol–water partition coefficient (Wildman–Crippen LogP) is 2.18. The van der Waals surface area contributed by atoms with E-state index in [2.05, 4.69) is 10.2 Å². The van der Waals surface area contributed by atoms with Crippen molar-refractivity contribution in [2.75, 3.05) is 54.1 Å². The van der Waals surface area contributed by atoms with Crippen LogP contribution in [0.2, 0.25) is 0 Å². The van der Waals surface area contributed by atoms with Crippen LogP contribution in [-0.4, -0.2) is 75.7 Å². The SMILES string of the molecule is COc1ccc(OC)c(CN2CCN(C(=O)CCNC(=O)c3ccccc3OC)CC2)c1. The molecule has 32 heavy (non-hydrogen) atoms. The number of carbonyl (C=O) groups excluding carboxylic acids is 2. The molecule has 1 aliphatic rings. The Hall–Kier alpha value is -3.26. The van der Waals surface area contributed by atoms with E-state index in [1.165, 1.54) is 7.11 Å². The van der Waals surface area contributed by atoms with Crippen molar-refractivity contribution in [2.45, 2.75) is 13.0 Å². The Morgan fingerprint density at radius 1 is 0.906 bits per heavy atom. The van der Waals surface area contributed by atoms with Crippen LogP contribution in [-0.2, 0) is 11.3 Å². The zero-order valence-electron chi connectivity index (χ0n) is 18.9. The van der Waals surface area contributed by atoms with E-state index in [9.17, 15) is 9.59 Å². The lowest BCUT2D eigenvalue weighted by Crippen LogP contribution is -2.48. The smallest absolute Gasteiger partial charge is 0.255 e. The summed E-state index contributed by atoms with van der Waals surface area (Å²) in [6, 6.07) is 12.8. The summed E-state index contributed by atoms with van der Waals surface area (Å²) >= 11 is 0. The quantitative estimate of drug-likeness (QED) is 0.643. The van der Waals surface area contributed by atoms with E-state index in [-0.39, 0.29) is 24.8 Å². The van der Waals surface area contributed by atoms with Gasteiger partial charge in [-0.2, -0.15) is 0 Å². The fourth-order valence-electron chi connectivity index (χ4n) is 3.77. The normalized spacial score (nSPS) is 14.0. The van der Waals surface area contributed by atoms with Crippen molar-refractivity contribution in [1.29, 1.82) is 0 Å². The third-order valence-electron chi connectivity index (χ3n) is 5.58. The molecular formula is C24H31N3O5. The van der Waals surface area contributed by atoms with Crippen molar-refractivity contribution in [3.63, 3.8) is 0 Å². The fraction of sp³-hybridized carbons (Fsp3) is 0.417. The molecule has 8 nitrogen and oxygen atoms in total. The molecule has 1 aliphatic heterocycles. The summed E-state index contributed by atoms with van der Waals surface area (Å²) in [6.45, 7) is 3.89. The Balaban J connectivity index is 1.44. The minimum absolute atomic E-state index is 0.0453. The van der Waals surface area contributed by atoms with Crippen LogP contribution in [0.4, 0.5) is 0 Å². The van der Waals surface area contributed by atoms with E-state index in [1.54, 1.807) is 32.4 Å². The van der Waals surface area contributed by atoms with Crippen LogP contribution in [0.15, 0.2) is 42.5 Å². The minimum atomic E-state index is -0.243. The maximum atomic E-state index is 12.6. The van der Waals surface area contributed by atoms with Gasteiger partial charge in [-0.1, -0.05) is 12.1 Å². The van der Waals surface area contributed by atoms with Crippen molar-refractivity contribution < 1.29 is 23.8 Å². The Kier molecular flexibility index (Phi) is 8.33. The third kappa shape index (κ3) is 5.91. The molecule has 0 radical (unpaired) electrons. The Labute approximate surface area is 189 Å². The lowest BCUT2D eigenvalue weighted by atomic mass is 10.1. The second-order valence-electron chi connectivity index (χ2n) is 7.54. The Bertz CT molecular complexity index is 926. The summed E-state index contributed by atoms with van der Waals surface area (Å²) in [5, 5.41) is 2.81. The van der Waals surface area contributed by atoms with Gasteiger partial charge in [-0.3, -0.25) is 14.5 Å². The van der Waals surface area contributed by atoms with Crippen LogP contribution in [0.25, 0.3) is 0 Å². The minimum Gasteiger partial charge on any atom is -0.497 e. The summed E-state index contributed by atoms with van der Waals surface area (Å²) in [4.78, 5) is 29.1. The zero-order chi connectivity index (χ0) is 22.9. The van der Waals surface area contributed by atoms with Gasteiger partial charge in [0.2, 0.25) is 5.91 Å². The molecule has 1 heterocycles. The monoisotopic (exact) mass is 441 g/mol. The highest BCUT2D eigenvalue weighted by Gasteiger charge is 2.22. The first-order valence-corrected chi connectivity index (χ1v) is 10.7. The number of rotatable bonds is 9. The highest BCUT2D eigenvalue weighted by Crippen LogP contribution is 2.25. The number of para-hydroxylation sites is 1. The van der Waals surface area contributed by atoms with Crippen LogP contribution in [0.1, 0.15) is 22.3 Å². The molecule has 0 aromatic heterocycles. The first-order valence-electron chi connectivity index (χ1n) is 10.7. The van der Waals surface area contributed by atoms with Crippen LogP contribution >= 0.6 is 0 Å². The molecule has 2 aromatic carbocycles. The average molecular weight is 442 g/mol. The van der Waals surface area contributed by atoms with Crippen LogP contribution in [0, 0.1) is 0 Å². The summed E-state index contributed by atoms with van der Waals surface area (Å²) in [7, 11) is 4.84. The van der Waals surface area contributed by atoms with E-state index in [0.29, 0.717) is 24.4 Å². The fourth-order valence-corrected chi connectivity index (χ4v) is 3.77. The molecule has 3 rings (SSSR count). The van der Waals surface area contributed by atoms with E-state index >= 15 is 0 Å². The van der Waals surface area contributed by atoms with Crippen molar-refractivity contribution >= 4 is 11.8 Å². The van der Waals surface area contributed by atoms with Gasteiger partial charge in [0.05, 0.1) is 26.9 Å². The molecule has 0 unspecified atom stereocenters. The number of methoxy groups -OCH3 is 3. The number of benzene rings is 2. The van der Waals surface area contributed by atoms with Crippen LogP contribution in [0.5, 0.6) is 17.2 Å². The van der Waals surface area contributed by atoms with Crippen molar-refractivity contribution in [3.05, 3.63) is 53.6 Å². The van der Waals surface area contributed by atoms with Crippen LogP contribution < -0.4 is 19.5 Å². The molecule has 0 bridgehead atoms. The van der Waals surface area contributed by atoms with Gasteiger partial charge in [-0.15, -0.1) is 0 Å². The van der Waals surface area contributed by atoms with Crippen molar-refractivity contribution in [1.82, 2.24) is 15.1 Å². The van der Waals surface area contributed by atoms with Gasteiger partial charge in [0.25, 0.3) is 5.91 Å². The Morgan fingerprint density at radius 3 is 2.31 bits per heavy atom. The summed E-state index contributed by atoms with van der Waals surface area (Å²) < 4.78 is 16.0. The zero-order valence-corrected chi connectivity index (χ0v) is 18.9. The lowest BCUT2D eigenvalue weighted by Gasteiger charge is -2.35. The van der Waals surface area contributed by atoms with Crippen molar-refractivity contribution in [2.24, 2.45) is 0 Å². The molecule has 0 aliphatic carbocycles. The van der Waals surface area contributed by atoms with Gasteiger partial charge >= 0.3 is 0 Å². The molecule has 1 saturated heterocycles. The number of hydrogen-bond donors (Lipinski definition) is 1. The summed E-state index contributed by atoms with van der Waals surface area (Å²) in [5.74, 6) is 1.94. The Morgan fingerprint density at radius 2 is 1.62 bits per heavy atom. The number of carbonyl (C=O) groups is 2. The maximum absolute atomic E-state index is 12.6. The van der Waals surface area contributed by atoms with Crippen molar-refractivity contribution in [3.8, 4) is 17.2 Å². The van der Waals surface area contributed by atoms with Crippen LogP contribution in [0.3, 0.4) is 0 Å². The molecule has 0 spiro atoms. The van der Waals surface area contributed by atoms with E-state index in [4.69, 9.17) is 14.2 Å². The first-order chi connectivity index (χ1) is 15.5. The highest BCUT2D eigenvalue weighted by atomic mass is 16.5. The van der Waals surface area contributed by atoms with Gasteiger partial charge < -0.3 is 24.4 Å². The predicted molar refractivity (Wildman–Crippen MR) is 121 cm³/mol. The summed E-state index contributed by atoms with van der Waals surface area (Å²) in [5.41, 5.74) is 1.52. The topological polar surface area (TPSA) is 80.3 Å². The second kappa shape index (κ2) is 11.4. The second-order valence-corrected chi connectivity index (χ2v) is 7.54. The molecular weight excluding hydrogens is 410 g/mol. The molecule has 172 valence electrons. The molecule has 0 atom stereocenters. The third-order valence-corrected chi connectivity index (χ3v) is 5.58. The molecule has 8 heteroatoms. The number of piperazine rings is 1. The van der Waals surface area contributed by atoms with Gasteiger partial charge in [0, 0.05) is 51.3 Å².